The molecule has 7 nitrogen and oxygen atoms in total. The second-order valence-electron chi connectivity index (χ2n) is 3.73. The molecule has 2 aromatic rings. The monoisotopic (exact) mass is 295 g/mol. The van der Waals surface area contributed by atoms with Gasteiger partial charge in [-0.3, -0.25) is 5.43 Å². The lowest BCUT2D eigenvalue weighted by Gasteiger charge is -2.13. The summed E-state index contributed by atoms with van der Waals surface area (Å²) in [5.41, 5.74) is 3.02. The average molecular weight is 296 g/mol. The van der Waals surface area contributed by atoms with Crippen LogP contribution in [0.25, 0.3) is 0 Å². The van der Waals surface area contributed by atoms with Gasteiger partial charge in [-0.25, -0.2) is 10.8 Å². The van der Waals surface area contributed by atoms with E-state index in [1.54, 1.807) is 32.4 Å². The number of rotatable bonds is 5. The molecule has 0 amide bonds. The minimum atomic E-state index is 0.249. The van der Waals surface area contributed by atoms with Crippen molar-refractivity contribution in [3.8, 4) is 11.5 Å². The Labute approximate surface area is 121 Å². The molecule has 20 heavy (non-hydrogen) atoms. The molecule has 0 radical (unpaired) electrons. The Morgan fingerprint density at radius 2 is 2.05 bits per heavy atom. The number of hydrogen-bond acceptors (Lipinski definition) is 7. The summed E-state index contributed by atoms with van der Waals surface area (Å²) >= 11 is 6.04. The molecule has 0 atom stereocenters. The molecule has 0 aliphatic heterocycles. The van der Waals surface area contributed by atoms with Crippen LogP contribution in [0.1, 0.15) is 0 Å². The third-order valence-corrected chi connectivity index (χ3v) is 2.81. The first-order valence-electron chi connectivity index (χ1n) is 5.66. The van der Waals surface area contributed by atoms with Crippen molar-refractivity contribution in [2.24, 2.45) is 5.84 Å². The molecule has 1 heterocycles. The van der Waals surface area contributed by atoms with Gasteiger partial charge in [0.1, 0.15) is 16.5 Å². The number of benzene rings is 1. The smallest absolute Gasteiger partial charge is 0.239 e. The van der Waals surface area contributed by atoms with E-state index in [1.165, 1.54) is 6.20 Å². The largest absolute Gasteiger partial charge is 0.497 e. The van der Waals surface area contributed by atoms with Crippen LogP contribution in [0.3, 0.4) is 0 Å². The average Bonchev–Trinajstić information content (AvgIpc) is 2.49. The SMILES string of the molecule is COc1ccc(OC)c(Nc2nc(NN)ncc2Cl)c1. The molecule has 0 saturated carbocycles. The predicted octanol–water partition coefficient (Wildman–Crippen LogP) is 2.18. The van der Waals surface area contributed by atoms with E-state index < -0.39 is 0 Å². The van der Waals surface area contributed by atoms with Gasteiger partial charge in [0, 0.05) is 6.07 Å². The van der Waals surface area contributed by atoms with Gasteiger partial charge in [0.25, 0.3) is 0 Å². The number of nitrogens with zero attached hydrogens (tertiary/aromatic N) is 2. The lowest BCUT2D eigenvalue weighted by Crippen LogP contribution is -2.11. The number of methoxy groups -OCH3 is 2. The fraction of sp³-hybridized carbons (Fsp3) is 0.167. The third kappa shape index (κ3) is 3.01. The highest BCUT2D eigenvalue weighted by Gasteiger charge is 2.10. The maximum Gasteiger partial charge on any atom is 0.239 e. The van der Waals surface area contributed by atoms with E-state index >= 15 is 0 Å². The maximum absolute atomic E-state index is 6.04. The zero-order valence-electron chi connectivity index (χ0n) is 11.0. The van der Waals surface area contributed by atoms with Gasteiger partial charge in [0.2, 0.25) is 5.95 Å². The van der Waals surface area contributed by atoms with E-state index in [-0.39, 0.29) is 5.95 Å². The van der Waals surface area contributed by atoms with Crippen LogP contribution >= 0.6 is 11.6 Å². The number of anilines is 3. The molecule has 0 aliphatic rings. The van der Waals surface area contributed by atoms with Gasteiger partial charge < -0.3 is 14.8 Å². The number of nitrogen functional groups attached to an aromatic ring is 1. The first-order valence-corrected chi connectivity index (χ1v) is 6.04. The lowest BCUT2D eigenvalue weighted by molar-refractivity contribution is 0.405. The number of hydrazine groups is 1. The minimum Gasteiger partial charge on any atom is -0.497 e. The first-order chi connectivity index (χ1) is 9.67. The van der Waals surface area contributed by atoms with Crippen molar-refractivity contribution in [2.75, 3.05) is 25.0 Å². The van der Waals surface area contributed by atoms with Gasteiger partial charge >= 0.3 is 0 Å². The summed E-state index contributed by atoms with van der Waals surface area (Å²) in [6.45, 7) is 0. The Kier molecular flexibility index (Phi) is 4.44. The molecular formula is C12H14ClN5O2. The molecule has 1 aromatic heterocycles. The summed E-state index contributed by atoms with van der Waals surface area (Å²) in [5, 5.41) is 3.41. The van der Waals surface area contributed by atoms with Crippen LogP contribution in [0.15, 0.2) is 24.4 Å². The van der Waals surface area contributed by atoms with Gasteiger partial charge in [-0.15, -0.1) is 0 Å². The van der Waals surface area contributed by atoms with Crippen LogP contribution in [-0.4, -0.2) is 24.2 Å². The van der Waals surface area contributed by atoms with Crippen LogP contribution in [0, 0.1) is 0 Å². The second-order valence-corrected chi connectivity index (χ2v) is 4.13. The maximum atomic E-state index is 6.04. The summed E-state index contributed by atoms with van der Waals surface area (Å²) in [6.07, 6.45) is 1.44. The van der Waals surface area contributed by atoms with E-state index in [4.69, 9.17) is 26.9 Å². The van der Waals surface area contributed by atoms with E-state index in [9.17, 15) is 0 Å². The van der Waals surface area contributed by atoms with Crippen LogP contribution in [-0.2, 0) is 0 Å². The number of hydrogen-bond donors (Lipinski definition) is 3. The standard InChI is InChI=1S/C12H14ClN5O2/c1-19-7-3-4-10(20-2)9(5-7)16-11-8(13)6-15-12(17-11)18-14/h3-6H,14H2,1-2H3,(H2,15,16,17,18). The molecule has 0 aliphatic carbocycles. The fourth-order valence-electron chi connectivity index (χ4n) is 1.56. The van der Waals surface area contributed by atoms with Gasteiger partial charge in [0.05, 0.1) is 26.1 Å². The molecular weight excluding hydrogens is 282 g/mol. The Bertz CT molecular complexity index is 608. The van der Waals surface area contributed by atoms with Gasteiger partial charge in [-0.2, -0.15) is 4.98 Å². The summed E-state index contributed by atoms with van der Waals surface area (Å²) in [4.78, 5) is 8.03. The van der Waals surface area contributed by atoms with Crippen molar-refractivity contribution in [1.82, 2.24) is 9.97 Å². The number of halogens is 1. The van der Waals surface area contributed by atoms with E-state index in [1.807, 2.05) is 0 Å². The highest BCUT2D eigenvalue weighted by molar-refractivity contribution is 6.32. The molecule has 4 N–H and O–H groups in total. The quantitative estimate of drug-likeness (QED) is 0.575. The predicted molar refractivity (Wildman–Crippen MR) is 77.7 cm³/mol. The molecule has 0 saturated heterocycles. The molecule has 0 spiro atoms. The summed E-state index contributed by atoms with van der Waals surface area (Å²) < 4.78 is 10.4. The fourth-order valence-corrected chi connectivity index (χ4v) is 1.70. The second kappa shape index (κ2) is 6.27. The molecule has 0 bridgehead atoms. The van der Waals surface area contributed by atoms with Crippen LogP contribution < -0.4 is 26.1 Å². The number of nitrogens with two attached hydrogens (primary N) is 1. The third-order valence-electron chi connectivity index (χ3n) is 2.53. The van der Waals surface area contributed by atoms with Crippen molar-refractivity contribution in [3.63, 3.8) is 0 Å². The summed E-state index contributed by atoms with van der Waals surface area (Å²) in [5.74, 6) is 7.23. The molecule has 8 heteroatoms. The number of nitrogens with one attached hydrogen (secondary N) is 2. The molecule has 0 unspecified atom stereocenters. The minimum absolute atomic E-state index is 0.249. The Hall–Kier alpha value is -2.25. The Morgan fingerprint density at radius 1 is 1.25 bits per heavy atom. The topological polar surface area (TPSA) is 94.3 Å². The van der Waals surface area contributed by atoms with Crippen molar-refractivity contribution >= 4 is 29.1 Å². The molecule has 1 aromatic carbocycles. The Balaban J connectivity index is 2.38. The van der Waals surface area contributed by atoms with Crippen molar-refractivity contribution in [2.45, 2.75) is 0 Å². The normalized spacial score (nSPS) is 10.0. The van der Waals surface area contributed by atoms with Crippen molar-refractivity contribution in [3.05, 3.63) is 29.4 Å². The lowest BCUT2D eigenvalue weighted by atomic mass is 10.2. The van der Waals surface area contributed by atoms with Crippen LogP contribution in [0.4, 0.5) is 17.5 Å². The summed E-state index contributed by atoms with van der Waals surface area (Å²) in [6, 6.07) is 5.34. The molecule has 0 fully saturated rings. The van der Waals surface area contributed by atoms with Gasteiger partial charge in [0.15, 0.2) is 5.82 Å². The molecule has 2 rings (SSSR count). The van der Waals surface area contributed by atoms with E-state index in [2.05, 4.69) is 20.7 Å². The highest BCUT2D eigenvalue weighted by Crippen LogP contribution is 2.33. The zero-order valence-corrected chi connectivity index (χ0v) is 11.7. The summed E-state index contributed by atoms with van der Waals surface area (Å²) in [7, 11) is 3.15. The van der Waals surface area contributed by atoms with E-state index in [0.717, 1.165) is 0 Å². The number of ether oxygens (including phenoxy) is 2. The molecule has 106 valence electrons. The van der Waals surface area contributed by atoms with Crippen LogP contribution in [0.5, 0.6) is 11.5 Å². The number of aromatic nitrogens is 2. The zero-order chi connectivity index (χ0) is 14.5. The highest BCUT2D eigenvalue weighted by atomic mass is 35.5. The van der Waals surface area contributed by atoms with Gasteiger partial charge in [-0.1, -0.05) is 11.6 Å². The van der Waals surface area contributed by atoms with Gasteiger partial charge in [-0.05, 0) is 12.1 Å². The van der Waals surface area contributed by atoms with E-state index in [0.29, 0.717) is 28.0 Å². The Morgan fingerprint density at radius 3 is 2.70 bits per heavy atom. The first kappa shape index (κ1) is 14.2. The van der Waals surface area contributed by atoms with Crippen molar-refractivity contribution < 1.29 is 9.47 Å². The van der Waals surface area contributed by atoms with Crippen LogP contribution in [0.2, 0.25) is 5.02 Å². The van der Waals surface area contributed by atoms with Crippen molar-refractivity contribution in [1.29, 1.82) is 0 Å².